The van der Waals surface area contributed by atoms with Crippen molar-refractivity contribution in [1.82, 2.24) is 9.38 Å². The minimum Gasteiger partial charge on any atom is -0.371 e. The molecule has 0 aliphatic rings. The Kier molecular flexibility index (Phi) is 4.20. The van der Waals surface area contributed by atoms with Gasteiger partial charge in [0.25, 0.3) is 0 Å². The fraction of sp³-hybridized carbons (Fsp3) is 0.368. The predicted octanol–water partition coefficient (Wildman–Crippen LogP) is 4.44. The Morgan fingerprint density at radius 3 is 2.70 bits per heavy atom. The Labute approximate surface area is 136 Å². The van der Waals surface area contributed by atoms with Crippen molar-refractivity contribution in [3.8, 4) is 6.07 Å². The van der Waals surface area contributed by atoms with E-state index in [0.717, 1.165) is 53.9 Å². The normalized spacial score (nSPS) is 11.0. The molecule has 1 aromatic carbocycles. The van der Waals surface area contributed by atoms with Gasteiger partial charge in [-0.1, -0.05) is 32.4 Å². The van der Waals surface area contributed by atoms with E-state index in [1.165, 1.54) is 5.56 Å². The van der Waals surface area contributed by atoms with Crippen LogP contribution in [0.15, 0.2) is 24.3 Å². The second-order valence-corrected chi connectivity index (χ2v) is 5.88. The Balaban J connectivity index is 2.46. The second-order valence-electron chi connectivity index (χ2n) is 5.88. The first-order chi connectivity index (χ1) is 11.2. The number of aromatic nitrogens is 2. The molecule has 0 unspecified atom stereocenters. The largest absolute Gasteiger partial charge is 0.371 e. The molecule has 0 bridgehead atoms. The van der Waals surface area contributed by atoms with Gasteiger partial charge in [0.05, 0.1) is 16.6 Å². The van der Waals surface area contributed by atoms with Crippen LogP contribution in [0.3, 0.4) is 0 Å². The van der Waals surface area contributed by atoms with E-state index < -0.39 is 0 Å². The van der Waals surface area contributed by atoms with Gasteiger partial charge in [0.1, 0.15) is 11.9 Å². The molecule has 0 radical (unpaired) electrons. The molecule has 0 amide bonds. The van der Waals surface area contributed by atoms with Gasteiger partial charge in [-0.2, -0.15) is 5.26 Å². The average molecular weight is 306 g/mol. The summed E-state index contributed by atoms with van der Waals surface area (Å²) < 4.78 is 2.13. The highest BCUT2D eigenvalue weighted by molar-refractivity contribution is 5.86. The molecule has 2 heterocycles. The van der Waals surface area contributed by atoms with E-state index in [-0.39, 0.29) is 0 Å². The number of anilines is 1. The number of rotatable bonds is 5. The number of pyridine rings is 1. The van der Waals surface area contributed by atoms with E-state index in [4.69, 9.17) is 4.98 Å². The van der Waals surface area contributed by atoms with E-state index in [9.17, 15) is 5.26 Å². The van der Waals surface area contributed by atoms with E-state index >= 15 is 0 Å². The standard InChI is InChI=1S/C19H22N4/c1-4-8-14-13(3)15(12-20)19-22-16-9-6-7-10-17(16)23(19)18(14)21-11-5-2/h6-7,9-10,21H,4-5,8,11H2,1-3H3. The summed E-state index contributed by atoms with van der Waals surface area (Å²) >= 11 is 0. The molecule has 0 spiro atoms. The molecule has 0 atom stereocenters. The van der Waals surface area contributed by atoms with E-state index in [1.807, 2.05) is 25.1 Å². The van der Waals surface area contributed by atoms with Gasteiger partial charge in [-0.3, -0.25) is 4.40 Å². The van der Waals surface area contributed by atoms with Crippen LogP contribution in [0, 0.1) is 18.3 Å². The molecular weight excluding hydrogens is 284 g/mol. The van der Waals surface area contributed by atoms with Crippen LogP contribution in [0.1, 0.15) is 43.4 Å². The molecule has 3 aromatic rings. The highest BCUT2D eigenvalue weighted by Gasteiger charge is 2.19. The summed E-state index contributed by atoms with van der Waals surface area (Å²) in [5.41, 5.74) is 5.70. The predicted molar refractivity (Wildman–Crippen MR) is 94.9 cm³/mol. The van der Waals surface area contributed by atoms with Crippen molar-refractivity contribution in [2.24, 2.45) is 0 Å². The zero-order valence-corrected chi connectivity index (χ0v) is 14.0. The van der Waals surface area contributed by atoms with Gasteiger partial charge in [0.2, 0.25) is 0 Å². The number of fused-ring (bicyclic) bond motifs is 3. The van der Waals surface area contributed by atoms with Crippen LogP contribution in [0.2, 0.25) is 0 Å². The molecule has 0 saturated heterocycles. The van der Waals surface area contributed by atoms with Crippen molar-refractivity contribution in [2.75, 3.05) is 11.9 Å². The number of hydrogen-bond donors (Lipinski definition) is 1. The highest BCUT2D eigenvalue weighted by Crippen LogP contribution is 2.31. The van der Waals surface area contributed by atoms with E-state index in [1.54, 1.807) is 0 Å². The zero-order chi connectivity index (χ0) is 16.4. The lowest BCUT2D eigenvalue weighted by Gasteiger charge is -2.18. The first-order valence-electron chi connectivity index (χ1n) is 8.29. The maximum absolute atomic E-state index is 9.68. The first kappa shape index (κ1) is 15.4. The summed E-state index contributed by atoms with van der Waals surface area (Å²) in [4.78, 5) is 4.72. The van der Waals surface area contributed by atoms with Gasteiger partial charge in [-0.15, -0.1) is 0 Å². The van der Waals surface area contributed by atoms with Crippen LogP contribution in [-0.4, -0.2) is 15.9 Å². The van der Waals surface area contributed by atoms with Crippen LogP contribution in [0.5, 0.6) is 0 Å². The van der Waals surface area contributed by atoms with Crippen molar-refractivity contribution in [3.05, 3.63) is 41.0 Å². The molecule has 0 aliphatic carbocycles. The van der Waals surface area contributed by atoms with E-state index in [0.29, 0.717) is 5.56 Å². The Morgan fingerprint density at radius 1 is 1.22 bits per heavy atom. The van der Waals surface area contributed by atoms with Crippen molar-refractivity contribution < 1.29 is 0 Å². The first-order valence-corrected chi connectivity index (χ1v) is 8.29. The number of imidazole rings is 1. The molecule has 0 aliphatic heterocycles. The van der Waals surface area contributed by atoms with Crippen molar-refractivity contribution >= 4 is 22.5 Å². The van der Waals surface area contributed by atoms with Crippen molar-refractivity contribution in [3.63, 3.8) is 0 Å². The average Bonchev–Trinajstić information content (AvgIpc) is 2.94. The van der Waals surface area contributed by atoms with Crippen molar-refractivity contribution in [1.29, 1.82) is 5.26 Å². The number of benzene rings is 1. The molecule has 0 fully saturated rings. The summed E-state index contributed by atoms with van der Waals surface area (Å²) in [6.07, 6.45) is 3.05. The number of nitrogens with one attached hydrogen (secondary N) is 1. The lowest BCUT2D eigenvalue weighted by atomic mass is 10.0. The topological polar surface area (TPSA) is 53.1 Å². The summed E-state index contributed by atoms with van der Waals surface area (Å²) in [5, 5.41) is 13.3. The zero-order valence-electron chi connectivity index (χ0n) is 14.0. The Hall–Kier alpha value is -2.54. The summed E-state index contributed by atoms with van der Waals surface area (Å²) in [5.74, 6) is 1.09. The maximum atomic E-state index is 9.68. The number of hydrogen-bond acceptors (Lipinski definition) is 3. The molecule has 118 valence electrons. The second kappa shape index (κ2) is 6.29. The van der Waals surface area contributed by atoms with Crippen molar-refractivity contribution in [2.45, 2.75) is 40.0 Å². The van der Waals surface area contributed by atoms with Crippen LogP contribution < -0.4 is 5.32 Å². The smallest absolute Gasteiger partial charge is 0.157 e. The van der Waals surface area contributed by atoms with Crippen LogP contribution in [0.4, 0.5) is 5.82 Å². The van der Waals surface area contributed by atoms with Gasteiger partial charge < -0.3 is 5.32 Å². The lowest BCUT2D eigenvalue weighted by molar-refractivity contribution is 0.888. The molecular formula is C19H22N4. The maximum Gasteiger partial charge on any atom is 0.157 e. The van der Waals surface area contributed by atoms with Crippen LogP contribution in [-0.2, 0) is 6.42 Å². The van der Waals surface area contributed by atoms with Gasteiger partial charge in [-0.25, -0.2) is 4.98 Å². The fourth-order valence-electron chi connectivity index (χ4n) is 3.17. The Bertz CT molecular complexity index is 899. The molecule has 23 heavy (non-hydrogen) atoms. The molecule has 2 aromatic heterocycles. The summed E-state index contributed by atoms with van der Waals surface area (Å²) in [6, 6.07) is 10.4. The van der Waals surface area contributed by atoms with Gasteiger partial charge in [0.15, 0.2) is 5.65 Å². The SMILES string of the molecule is CCCNc1c(CCC)c(C)c(C#N)c2nc3ccccc3n12. The third-order valence-corrected chi connectivity index (χ3v) is 4.28. The van der Waals surface area contributed by atoms with Gasteiger partial charge in [-0.05, 0) is 43.0 Å². The third-order valence-electron chi connectivity index (χ3n) is 4.28. The Morgan fingerprint density at radius 2 is 2.00 bits per heavy atom. The summed E-state index contributed by atoms with van der Waals surface area (Å²) in [7, 11) is 0. The third kappa shape index (κ3) is 2.43. The highest BCUT2D eigenvalue weighted by atomic mass is 15.1. The molecule has 0 saturated carbocycles. The lowest BCUT2D eigenvalue weighted by Crippen LogP contribution is -2.11. The van der Waals surface area contributed by atoms with Gasteiger partial charge in [0, 0.05) is 6.54 Å². The number of nitrogens with zero attached hydrogens (tertiary/aromatic N) is 3. The monoisotopic (exact) mass is 306 g/mol. The molecule has 4 heteroatoms. The van der Waals surface area contributed by atoms with Crippen LogP contribution in [0.25, 0.3) is 16.7 Å². The number of nitriles is 1. The van der Waals surface area contributed by atoms with Gasteiger partial charge >= 0.3 is 0 Å². The van der Waals surface area contributed by atoms with Crippen LogP contribution >= 0.6 is 0 Å². The molecule has 4 nitrogen and oxygen atoms in total. The molecule has 3 rings (SSSR count). The minimum atomic E-state index is 0.687. The quantitative estimate of drug-likeness (QED) is 0.758. The minimum absolute atomic E-state index is 0.687. The van der Waals surface area contributed by atoms with E-state index in [2.05, 4.69) is 35.7 Å². The molecule has 1 N–H and O–H groups in total. The summed E-state index contributed by atoms with van der Waals surface area (Å²) in [6.45, 7) is 7.28. The fourth-order valence-corrected chi connectivity index (χ4v) is 3.17. The number of para-hydroxylation sites is 2.